The van der Waals surface area contributed by atoms with Gasteiger partial charge in [0.2, 0.25) is 0 Å². The number of rotatable bonds is 2. The molecule has 1 rings (SSSR count). The van der Waals surface area contributed by atoms with Crippen molar-refractivity contribution in [2.24, 2.45) is 9.98 Å². The quantitative estimate of drug-likeness (QED) is 0.563. The Morgan fingerprint density at radius 3 is 1.92 bits per heavy atom. The van der Waals surface area contributed by atoms with Gasteiger partial charge in [0.05, 0.1) is 12.1 Å². The first kappa shape index (κ1) is 9.43. The fraction of sp³-hybridized carbons (Fsp3) is 0.800. The molecule has 68 valence electrons. The first-order valence-corrected chi connectivity index (χ1v) is 4.82. The number of hydrogen-bond acceptors (Lipinski definition) is 2. The average Bonchev–Trinajstić information content (AvgIpc) is 2.06. The van der Waals surface area contributed by atoms with E-state index in [4.69, 9.17) is 0 Å². The number of hydrogen-bond donors (Lipinski definition) is 0. The highest BCUT2D eigenvalue weighted by Crippen LogP contribution is 2.22. The summed E-state index contributed by atoms with van der Waals surface area (Å²) in [7, 11) is 0. The fourth-order valence-corrected chi connectivity index (χ4v) is 1.83. The van der Waals surface area contributed by atoms with Gasteiger partial charge in [-0.05, 0) is 52.0 Å². The van der Waals surface area contributed by atoms with E-state index in [0.29, 0.717) is 12.1 Å². The van der Waals surface area contributed by atoms with Gasteiger partial charge in [0.1, 0.15) is 0 Å². The highest BCUT2D eigenvalue weighted by atomic mass is 14.8. The molecule has 12 heavy (non-hydrogen) atoms. The normalized spacial score (nSPS) is 31.8. The van der Waals surface area contributed by atoms with E-state index in [1.54, 1.807) is 0 Å². The summed E-state index contributed by atoms with van der Waals surface area (Å²) in [4.78, 5) is 8.83. The molecule has 0 radical (unpaired) electrons. The molecule has 2 heteroatoms. The van der Waals surface area contributed by atoms with Crippen LogP contribution >= 0.6 is 0 Å². The van der Waals surface area contributed by atoms with E-state index in [1.165, 1.54) is 19.3 Å². The van der Waals surface area contributed by atoms with E-state index in [0.717, 1.165) is 6.42 Å². The highest BCUT2D eigenvalue weighted by Gasteiger charge is 2.19. The van der Waals surface area contributed by atoms with Crippen molar-refractivity contribution in [2.75, 3.05) is 0 Å². The lowest BCUT2D eigenvalue weighted by molar-refractivity contribution is 0.397. The van der Waals surface area contributed by atoms with E-state index in [2.05, 4.69) is 9.98 Å². The minimum absolute atomic E-state index is 0.539. The van der Waals surface area contributed by atoms with Crippen LogP contribution in [0.25, 0.3) is 0 Å². The summed E-state index contributed by atoms with van der Waals surface area (Å²) in [6.07, 6.45) is 8.77. The van der Waals surface area contributed by atoms with Gasteiger partial charge in [0.15, 0.2) is 0 Å². The average molecular weight is 166 g/mol. The molecule has 1 aliphatic rings. The van der Waals surface area contributed by atoms with Gasteiger partial charge in [-0.3, -0.25) is 9.98 Å². The molecule has 0 bridgehead atoms. The molecule has 0 spiro atoms. The molecule has 1 saturated carbocycles. The third-order valence-electron chi connectivity index (χ3n) is 2.34. The topological polar surface area (TPSA) is 24.7 Å². The summed E-state index contributed by atoms with van der Waals surface area (Å²) in [5, 5.41) is 0. The van der Waals surface area contributed by atoms with Crippen molar-refractivity contribution in [3.63, 3.8) is 0 Å². The minimum atomic E-state index is 0.539. The van der Waals surface area contributed by atoms with Crippen LogP contribution in [0.2, 0.25) is 0 Å². The van der Waals surface area contributed by atoms with Crippen LogP contribution in [-0.4, -0.2) is 24.5 Å². The Hall–Kier alpha value is -0.660. The lowest BCUT2D eigenvalue weighted by Gasteiger charge is -2.23. The molecule has 0 saturated heterocycles. The van der Waals surface area contributed by atoms with Crippen molar-refractivity contribution in [3.05, 3.63) is 0 Å². The van der Waals surface area contributed by atoms with Crippen LogP contribution in [0.4, 0.5) is 0 Å². The molecule has 0 aliphatic heterocycles. The van der Waals surface area contributed by atoms with Crippen molar-refractivity contribution in [1.29, 1.82) is 0 Å². The van der Waals surface area contributed by atoms with Gasteiger partial charge in [-0.15, -0.1) is 0 Å². The highest BCUT2D eigenvalue weighted by molar-refractivity contribution is 5.54. The van der Waals surface area contributed by atoms with Crippen molar-refractivity contribution >= 4 is 12.4 Å². The molecule has 1 fully saturated rings. The summed E-state index contributed by atoms with van der Waals surface area (Å²) in [5.74, 6) is 0. The molecule has 0 amide bonds. The summed E-state index contributed by atoms with van der Waals surface area (Å²) >= 11 is 0. The van der Waals surface area contributed by atoms with Crippen LogP contribution in [0, 0.1) is 0 Å². The second-order valence-electron chi connectivity index (χ2n) is 3.29. The molecule has 2 nitrogen and oxygen atoms in total. The van der Waals surface area contributed by atoms with Crippen LogP contribution in [0.5, 0.6) is 0 Å². The molecule has 0 N–H and O–H groups in total. The fourth-order valence-electron chi connectivity index (χ4n) is 1.83. The van der Waals surface area contributed by atoms with Gasteiger partial charge in [-0.1, -0.05) is 0 Å². The Balaban J connectivity index is 2.40. The standard InChI is InChI=1S/C10H18N2/c1-3-11-9-6-5-7-10(8-9)12-4-2/h3-4,9-10H,5-8H2,1-2H3. The molecule has 0 aromatic carbocycles. The van der Waals surface area contributed by atoms with Crippen molar-refractivity contribution in [2.45, 2.75) is 51.6 Å². The molecule has 0 aromatic rings. The predicted molar refractivity (Wildman–Crippen MR) is 54.4 cm³/mol. The molecule has 0 aromatic heterocycles. The predicted octanol–water partition coefficient (Wildman–Crippen LogP) is 2.48. The van der Waals surface area contributed by atoms with Crippen LogP contribution in [0.3, 0.4) is 0 Å². The zero-order valence-electron chi connectivity index (χ0n) is 8.03. The summed E-state index contributed by atoms with van der Waals surface area (Å²) in [5.41, 5.74) is 0. The third-order valence-corrected chi connectivity index (χ3v) is 2.34. The second-order valence-corrected chi connectivity index (χ2v) is 3.29. The largest absolute Gasteiger partial charge is 0.294 e. The van der Waals surface area contributed by atoms with Crippen molar-refractivity contribution in [3.8, 4) is 0 Å². The Bertz CT molecular complexity index is 155. The third kappa shape index (κ3) is 2.76. The number of nitrogens with zero attached hydrogens (tertiary/aromatic N) is 2. The summed E-state index contributed by atoms with van der Waals surface area (Å²) in [6, 6.07) is 1.08. The van der Waals surface area contributed by atoms with Crippen LogP contribution in [-0.2, 0) is 0 Å². The molecular weight excluding hydrogens is 148 g/mol. The monoisotopic (exact) mass is 166 g/mol. The maximum absolute atomic E-state index is 4.42. The van der Waals surface area contributed by atoms with E-state index < -0.39 is 0 Å². The van der Waals surface area contributed by atoms with Crippen LogP contribution < -0.4 is 0 Å². The van der Waals surface area contributed by atoms with Gasteiger partial charge >= 0.3 is 0 Å². The van der Waals surface area contributed by atoms with Crippen LogP contribution in [0.15, 0.2) is 9.98 Å². The van der Waals surface area contributed by atoms with Gasteiger partial charge in [-0.2, -0.15) is 0 Å². The molecule has 2 atom stereocenters. The smallest absolute Gasteiger partial charge is 0.0516 e. The van der Waals surface area contributed by atoms with Gasteiger partial charge in [-0.25, -0.2) is 0 Å². The molecular formula is C10H18N2. The SMILES string of the molecule is CC=NC1CCCC(N=CC)C1. The lowest BCUT2D eigenvalue weighted by atomic mass is 9.92. The molecule has 2 unspecified atom stereocenters. The Morgan fingerprint density at radius 1 is 1.00 bits per heavy atom. The Labute approximate surface area is 74.8 Å². The summed E-state index contributed by atoms with van der Waals surface area (Å²) < 4.78 is 0. The van der Waals surface area contributed by atoms with E-state index in [-0.39, 0.29) is 0 Å². The minimum Gasteiger partial charge on any atom is -0.294 e. The van der Waals surface area contributed by atoms with Crippen molar-refractivity contribution in [1.82, 2.24) is 0 Å². The van der Waals surface area contributed by atoms with E-state index in [1.807, 2.05) is 26.3 Å². The zero-order chi connectivity index (χ0) is 8.81. The maximum Gasteiger partial charge on any atom is 0.0516 e. The Morgan fingerprint density at radius 2 is 1.50 bits per heavy atom. The van der Waals surface area contributed by atoms with Gasteiger partial charge < -0.3 is 0 Å². The van der Waals surface area contributed by atoms with Gasteiger partial charge in [0, 0.05) is 0 Å². The van der Waals surface area contributed by atoms with E-state index in [9.17, 15) is 0 Å². The van der Waals surface area contributed by atoms with E-state index >= 15 is 0 Å². The summed E-state index contributed by atoms with van der Waals surface area (Å²) in [6.45, 7) is 3.99. The molecule has 0 heterocycles. The first-order valence-electron chi connectivity index (χ1n) is 4.82. The molecule has 1 aliphatic carbocycles. The lowest BCUT2D eigenvalue weighted by Crippen LogP contribution is -2.21. The van der Waals surface area contributed by atoms with Crippen molar-refractivity contribution < 1.29 is 0 Å². The zero-order valence-corrected chi connectivity index (χ0v) is 8.03. The maximum atomic E-state index is 4.42. The second kappa shape index (κ2) is 5.07. The van der Waals surface area contributed by atoms with Crippen LogP contribution in [0.1, 0.15) is 39.5 Å². The van der Waals surface area contributed by atoms with Gasteiger partial charge in [0.25, 0.3) is 0 Å². The first-order chi connectivity index (χ1) is 5.86. The number of aliphatic imine (C=N–C) groups is 2. The Kier molecular flexibility index (Phi) is 3.98.